The molecular formula is C20H29NO2. The van der Waals surface area contributed by atoms with Crippen LogP contribution < -0.4 is 0 Å². The lowest BCUT2D eigenvalue weighted by Crippen LogP contribution is -2.43. The number of nitrogens with zero attached hydrogens (tertiary/aromatic N) is 1. The number of carbonyl (C=O) groups is 1. The Balaban J connectivity index is 1.61. The maximum absolute atomic E-state index is 13.0. The van der Waals surface area contributed by atoms with Crippen molar-refractivity contribution in [1.82, 2.24) is 4.90 Å². The monoisotopic (exact) mass is 315 g/mol. The first-order valence-corrected chi connectivity index (χ1v) is 9.04. The Labute approximate surface area is 140 Å². The van der Waals surface area contributed by atoms with Gasteiger partial charge < -0.3 is 9.64 Å². The Kier molecular flexibility index (Phi) is 4.77. The highest BCUT2D eigenvalue weighted by Crippen LogP contribution is 2.48. The topological polar surface area (TPSA) is 29.5 Å². The van der Waals surface area contributed by atoms with Gasteiger partial charge in [-0.05, 0) is 51.0 Å². The fourth-order valence-electron chi connectivity index (χ4n) is 4.06. The smallest absolute Gasteiger partial charge is 0.229 e. The zero-order valence-corrected chi connectivity index (χ0v) is 14.5. The molecule has 0 bridgehead atoms. The second kappa shape index (κ2) is 6.64. The minimum atomic E-state index is -0.107. The van der Waals surface area contributed by atoms with E-state index in [2.05, 4.69) is 30.9 Å². The Morgan fingerprint density at radius 2 is 1.78 bits per heavy atom. The summed E-state index contributed by atoms with van der Waals surface area (Å²) in [5.41, 5.74) is 1.10. The van der Waals surface area contributed by atoms with Crippen LogP contribution in [0.3, 0.4) is 0 Å². The minimum Gasteiger partial charge on any atom is -0.375 e. The van der Waals surface area contributed by atoms with Gasteiger partial charge in [0, 0.05) is 19.7 Å². The SMILES string of the molecule is CCCOC1(C)CCC2(CCN(Cc3ccccc3)C2=O)CC1. The maximum Gasteiger partial charge on any atom is 0.229 e. The molecule has 1 aromatic carbocycles. The Hall–Kier alpha value is -1.35. The van der Waals surface area contributed by atoms with Crippen molar-refractivity contribution >= 4 is 5.91 Å². The molecule has 1 aromatic rings. The summed E-state index contributed by atoms with van der Waals surface area (Å²) in [6, 6.07) is 10.3. The molecule has 0 unspecified atom stereocenters. The van der Waals surface area contributed by atoms with E-state index < -0.39 is 0 Å². The molecule has 3 heteroatoms. The molecule has 3 nitrogen and oxygen atoms in total. The van der Waals surface area contributed by atoms with E-state index in [1.807, 2.05) is 18.2 Å². The molecule has 1 spiro atoms. The van der Waals surface area contributed by atoms with E-state index in [4.69, 9.17) is 4.74 Å². The van der Waals surface area contributed by atoms with Crippen molar-refractivity contribution in [2.45, 2.75) is 64.5 Å². The van der Waals surface area contributed by atoms with Gasteiger partial charge in [-0.2, -0.15) is 0 Å². The first kappa shape index (κ1) is 16.5. The fourth-order valence-corrected chi connectivity index (χ4v) is 4.06. The van der Waals surface area contributed by atoms with Crippen LogP contribution in [0.15, 0.2) is 30.3 Å². The van der Waals surface area contributed by atoms with Crippen LogP contribution in [0.4, 0.5) is 0 Å². The Morgan fingerprint density at radius 1 is 1.09 bits per heavy atom. The summed E-state index contributed by atoms with van der Waals surface area (Å²) in [5, 5.41) is 0. The van der Waals surface area contributed by atoms with E-state index in [9.17, 15) is 4.79 Å². The number of benzene rings is 1. The van der Waals surface area contributed by atoms with Crippen LogP contribution in [-0.2, 0) is 16.1 Å². The van der Waals surface area contributed by atoms with Crippen LogP contribution in [-0.4, -0.2) is 29.6 Å². The van der Waals surface area contributed by atoms with Crippen molar-refractivity contribution in [2.75, 3.05) is 13.2 Å². The van der Waals surface area contributed by atoms with Crippen molar-refractivity contribution in [1.29, 1.82) is 0 Å². The average Bonchev–Trinajstić information content (AvgIpc) is 2.87. The highest BCUT2D eigenvalue weighted by molar-refractivity contribution is 5.85. The van der Waals surface area contributed by atoms with Gasteiger partial charge in [-0.1, -0.05) is 37.3 Å². The largest absolute Gasteiger partial charge is 0.375 e. The molecule has 1 saturated carbocycles. The van der Waals surface area contributed by atoms with Crippen molar-refractivity contribution in [2.24, 2.45) is 5.41 Å². The van der Waals surface area contributed by atoms with E-state index in [1.165, 1.54) is 5.56 Å². The molecular weight excluding hydrogens is 286 g/mol. The summed E-state index contributed by atoms with van der Waals surface area (Å²) in [6.45, 7) is 6.86. The van der Waals surface area contributed by atoms with Crippen molar-refractivity contribution in [3.8, 4) is 0 Å². The van der Waals surface area contributed by atoms with E-state index in [0.717, 1.165) is 58.2 Å². The molecule has 2 aliphatic rings. The van der Waals surface area contributed by atoms with Gasteiger partial charge in [0.25, 0.3) is 0 Å². The predicted octanol–water partition coefficient (Wildman–Crippen LogP) is 4.16. The number of hydrogen-bond acceptors (Lipinski definition) is 2. The first-order chi connectivity index (χ1) is 11.1. The molecule has 0 N–H and O–H groups in total. The van der Waals surface area contributed by atoms with Crippen LogP contribution in [0, 0.1) is 5.41 Å². The molecule has 1 aliphatic heterocycles. The number of ether oxygens (including phenoxy) is 1. The molecule has 0 aromatic heterocycles. The molecule has 2 fully saturated rings. The molecule has 23 heavy (non-hydrogen) atoms. The summed E-state index contributed by atoms with van der Waals surface area (Å²) in [7, 11) is 0. The number of rotatable bonds is 5. The summed E-state index contributed by atoms with van der Waals surface area (Å²) >= 11 is 0. The third-order valence-electron chi connectivity index (χ3n) is 5.74. The lowest BCUT2D eigenvalue weighted by molar-refractivity contribution is -0.143. The number of likely N-dealkylation sites (tertiary alicyclic amines) is 1. The molecule has 126 valence electrons. The average molecular weight is 315 g/mol. The van der Waals surface area contributed by atoms with Crippen LogP contribution in [0.5, 0.6) is 0 Å². The lowest BCUT2D eigenvalue weighted by Gasteiger charge is -2.41. The highest BCUT2D eigenvalue weighted by atomic mass is 16.5. The van der Waals surface area contributed by atoms with E-state index >= 15 is 0 Å². The van der Waals surface area contributed by atoms with Crippen LogP contribution in [0.2, 0.25) is 0 Å². The standard InChI is InChI=1S/C20H29NO2/c1-3-15-23-19(2)9-11-20(12-10-19)13-14-21(18(20)22)16-17-7-5-4-6-8-17/h4-8H,3,9-16H2,1-2H3. The molecule has 1 heterocycles. The molecule has 0 radical (unpaired) electrons. The summed E-state index contributed by atoms with van der Waals surface area (Å²) < 4.78 is 6.06. The first-order valence-electron chi connectivity index (χ1n) is 9.04. The molecule has 1 amide bonds. The molecule has 1 aliphatic carbocycles. The lowest BCUT2D eigenvalue weighted by atomic mass is 9.68. The summed E-state index contributed by atoms with van der Waals surface area (Å²) in [6.07, 6.45) is 6.07. The maximum atomic E-state index is 13.0. The quantitative estimate of drug-likeness (QED) is 0.816. The van der Waals surface area contributed by atoms with Gasteiger partial charge in [-0.25, -0.2) is 0 Å². The number of amides is 1. The molecule has 0 atom stereocenters. The second-order valence-electron chi connectivity index (χ2n) is 7.54. The summed E-state index contributed by atoms with van der Waals surface area (Å²) in [5.74, 6) is 0.374. The highest BCUT2D eigenvalue weighted by Gasteiger charge is 2.50. The van der Waals surface area contributed by atoms with Crippen molar-refractivity contribution in [3.05, 3.63) is 35.9 Å². The second-order valence-corrected chi connectivity index (χ2v) is 7.54. The predicted molar refractivity (Wildman–Crippen MR) is 92.0 cm³/mol. The van der Waals surface area contributed by atoms with Gasteiger partial charge in [0.05, 0.1) is 11.0 Å². The van der Waals surface area contributed by atoms with Crippen LogP contribution in [0.1, 0.15) is 57.9 Å². The van der Waals surface area contributed by atoms with Gasteiger partial charge in [-0.3, -0.25) is 4.79 Å². The number of hydrogen-bond donors (Lipinski definition) is 0. The van der Waals surface area contributed by atoms with Gasteiger partial charge >= 0.3 is 0 Å². The Morgan fingerprint density at radius 3 is 2.43 bits per heavy atom. The van der Waals surface area contributed by atoms with Gasteiger partial charge in [0.2, 0.25) is 5.91 Å². The van der Waals surface area contributed by atoms with Crippen molar-refractivity contribution < 1.29 is 9.53 Å². The van der Waals surface area contributed by atoms with Gasteiger partial charge in [0.15, 0.2) is 0 Å². The Bertz CT molecular complexity index is 532. The fraction of sp³-hybridized carbons (Fsp3) is 0.650. The van der Waals surface area contributed by atoms with E-state index in [1.54, 1.807) is 0 Å². The minimum absolute atomic E-state index is 0.0195. The number of carbonyl (C=O) groups excluding carboxylic acids is 1. The zero-order chi connectivity index (χ0) is 16.3. The third kappa shape index (κ3) is 3.45. The van der Waals surface area contributed by atoms with Crippen LogP contribution in [0.25, 0.3) is 0 Å². The van der Waals surface area contributed by atoms with Crippen LogP contribution >= 0.6 is 0 Å². The van der Waals surface area contributed by atoms with E-state index in [0.29, 0.717) is 5.91 Å². The normalized spacial score (nSPS) is 31.0. The van der Waals surface area contributed by atoms with Crippen molar-refractivity contribution in [3.63, 3.8) is 0 Å². The van der Waals surface area contributed by atoms with Gasteiger partial charge in [-0.15, -0.1) is 0 Å². The van der Waals surface area contributed by atoms with E-state index in [-0.39, 0.29) is 11.0 Å². The molecule has 1 saturated heterocycles. The van der Waals surface area contributed by atoms with Gasteiger partial charge in [0.1, 0.15) is 0 Å². The zero-order valence-electron chi connectivity index (χ0n) is 14.5. The summed E-state index contributed by atoms with van der Waals surface area (Å²) in [4.78, 5) is 15.1. The molecule has 3 rings (SSSR count). The third-order valence-corrected chi connectivity index (χ3v) is 5.74.